The van der Waals surface area contributed by atoms with Crippen LogP contribution in [0.3, 0.4) is 0 Å². The highest BCUT2D eigenvalue weighted by Crippen LogP contribution is 2.32. The molecule has 1 atom stereocenters. The van der Waals surface area contributed by atoms with Gasteiger partial charge in [0, 0.05) is 9.75 Å². The molecule has 1 aromatic heterocycles. The zero-order chi connectivity index (χ0) is 13.8. The first-order chi connectivity index (χ1) is 9.13. The van der Waals surface area contributed by atoms with E-state index >= 15 is 0 Å². The molecule has 102 valence electrons. The predicted octanol–water partition coefficient (Wildman–Crippen LogP) is 4.76. The lowest BCUT2D eigenvalue weighted by atomic mass is 9.99. The predicted molar refractivity (Wildman–Crippen MR) is 85.1 cm³/mol. The fraction of sp³-hybridized carbons (Fsp3) is 0.412. The van der Waals surface area contributed by atoms with Crippen molar-refractivity contribution in [2.24, 2.45) is 0 Å². The van der Waals surface area contributed by atoms with Crippen LogP contribution in [0.1, 0.15) is 45.8 Å². The Morgan fingerprint density at radius 3 is 2.42 bits per heavy atom. The molecule has 1 nitrogen and oxygen atoms in total. The van der Waals surface area contributed by atoms with Gasteiger partial charge in [-0.25, -0.2) is 0 Å². The Balaban J connectivity index is 2.38. The first kappa shape index (κ1) is 14.3. The molecule has 1 aromatic carbocycles. The van der Waals surface area contributed by atoms with Gasteiger partial charge in [0.15, 0.2) is 0 Å². The molecule has 1 unspecified atom stereocenters. The third kappa shape index (κ3) is 3.26. The van der Waals surface area contributed by atoms with E-state index in [1.54, 1.807) is 0 Å². The fourth-order valence-corrected chi connectivity index (χ4v) is 3.44. The van der Waals surface area contributed by atoms with Crippen LogP contribution in [0, 0.1) is 20.8 Å². The van der Waals surface area contributed by atoms with Gasteiger partial charge in [0.25, 0.3) is 0 Å². The van der Waals surface area contributed by atoms with E-state index in [0.717, 1.165) is 13.0 Å². The van der Waals surface area contributed by atoms with E-state index in [1.807, 2.05) is 11.3 Å². The van der Waals surface area contributed by atoms with Crippen molar-refractivity contribution in [2.45, 2.75) is 40.2 Å². The minimum absolute atomic E-state index is 0.332. The SMILES string of the molecule is CCCNC(c1cc(C)c(C)s1)c1ccccc1C. The molecule has 0 spiro atoms. The molecule has 0 radical (unpaired) electrons. The number of nitrogens with one attached hydrogen (secondary N) is 1. The largest absolute Gasteiger partial charge is 0.306 e. The van der Waals surface area contributed by atoms with Crippen LogP contribution in [0.2, 0.25) is 0 Å². The van der Waals surface area contributed by atoms with E-state index in [2.05, 4.69) is 63.3 Å². The zero-order valence-corrected chi connectivity index (χ0v) is 13.1. The van der Waals surface area contributed by atoms with Crippen molar-refractivity contribution in [2.75, 3.05) is 6.54 Å². The molecule has 1 N–H and O–H groups in total. The maximum Gasteiger partial charge on any atom is 0.0673 e. The second-order valence-corrected chi connectivity index (χ2v) is 6.42. The molecular formula is C17H23NS. The Bertz CT molecular complexity index is 522. The molecule has 19 heavy (non-hydrogen) atoms. The van der Waals surface area contributed by atoms with Gasteiger partial charge in [0.1, 0.15) is 0 Å². The molecule has 0 aliphatic heterocycles. The van der Waals surface area contributed by atoms with Crippen LogP contribution < -0.4 is 5.32 Å². The molecule has 0 aliphatic rings. The highest BCUT2D eigenvalue weighted by molar-refractivity contribution is 7.12. The summed E-state index contributed by atoms with van der Waals surface area (Å²) in [4.78, 5) is 2.85. The Morgan fingerprint density at radius 1 is 1.11 bits per heavy atom. The van der Waals surface area contributed by atoms with Crippen LogP contribution in [0.5, 0.6) is 0 Å². The van der Waals surface area contributed by atoms with Crippen molar-refractivity contribution in [3.63, 3.8) is 0 Å². The van der Waals surface area contributed by atoms with Gasteiger partial charge < -0.3 is 5.32 Å². The quantitative estimate of drug-likeness (QED) is 0.828. The summed E-state index contributed by atoms with van der Waals surface area (Å²) < 4.78 is 0. The molecule has 0 bridgehead atoms. The molecule has 2 rings (SSSR count). The Hall–Kier alpha value is -1.12. The van der Waals surface area contributed by atoms with Crippen LogP contribution in [-0.2, 0) is 0 Å². The second kappa shape index (κ2) is 6.36. The third-order valence-corrected chi connectivity index (χ3v) is 4.78. The van der Waals surface area contributed by atoms with E-state index in [-0.39, 0.29) is 0 Å². The Labute approximate surface area is 120 Å². The Kier molecular flexibility index (Phi) is 4.78. The van der Waals surface area contributed by atoms with Crippen LogP contribution >= 0.6 is 11.3 Å². The van der Waals surface area contributed by atoms with Crippen LogP contribution in [0.4, 0.5) is 0 Å². The summed E-state index contributed by atoms with van der Waals surface area (Å²) in [5.41, 5.74) is 4.16. The molecule has 0 amide bonds. The standard InChI is InChI=1S/C17H23NS/c1-5-10-18-17(15-9-7-6-8-12(15)2)16-11-13(3)14(4)19-16/h6-9,11,17-18H,5,10H2,1-4H3. The van der Waals surface area contributed by atoms with Crippen molar-refractivity contribution in [1.82, 2.24) is 5.32 Å². The lowest BCUT2D eigenvalue weighted by molar-refractivity contribution is 0.603. The number of thiophene rings is 1. The van der Waals surface area contributed by atoms with Gasteiger partial charge in [-0.3, -0.25) is 0 Å². The van der Waals surface area contributed by atoms with E-state index in [9.17, 15) is 0 Å². The van der Waals surface area contributed by atoms with Crippen LogP contribution in [-0.4, -0.2) is 6.54 Å². The summed E-state index contributed by atoms with van der Waals surface area (Å²) in [7, 11) is 0. The van der Waals surface area contributed by atoms with Crippen LogP contribution in [0.15, 0.2) is 30.3 Å². The second-order valence-electron chi connectivity index (χ2n) is 5.13. The average Bonchev–Trinajstić information content (AvgIpc) is 2.72. The maximum atomic E-state index is 3.69. The van der Waals surface area contributed by atoms with E-state index < -0.39 is 0 Å². The third-order valence-electron chi connectivity index (χ3n) is 3.57. The summed E-state index contributed by atoms with van der Waals surface area (Å²) >= 11 is 1.91. The van der Waals surface area contributed by atoms with Crippen LogP contribution in [0.25, 0.3) is 0 Å². The lowest BCUT2D eigenvalue weighted by Gasteiger charge is -2.19. The van der Waals surface area contributed by atoms with Crippen molar-refractivity contribution < 1.29 is 0 Å². The monoisotopic (exact) mass is 273 g/mol. The summed E-state index contributed by atoms with van der Waals surface area (Å²) in [5.74, 6) is 0. The van der Waals surface area contributed by atoms with Gasteiger partial charge >= 0.3 is 0 Å². The number of benzene rings is 1. The maximum absolute atomic E-state index is 3.69. The molecule has 0 saturated heterocycles. The lowest BCUT2D eigenvalue weighted by Crippen LogP contribution is -2.23. The molecule has 0 fully saturated rings. The van der Waals surface area contributed by atoms with E-state index in [1.165, 1.54) is 26.4 Å². The number of aryl methyl sites for hydroxylation is 3. The van der Waals surface area contributed by atoms with Crippen molar-refractivity contribution in [1.29, 1.82) is 0 Å². The summed E-state index contributed by atoms with van der Waals surface area (Å²) in [6.45, 7) is 9.87. The van der Waals surface area contributed by atoms with Gasteiger partial charge in [0.05, 0.1) is 6.04 Å². The van der Waals surface area contributed by atoms with E-state index in [0.29, 0.717) is 6.04 Å². The fourth-order valence-electron chi connectivity index (χ4n) is 2.31. The molecule has 1 heterocycles. The average molecular weight is 273 g/mol. The Morgan fingerprint density at radius 2 is 1.84 bits per heavy atom. The normalized spacial score (nSPS) is 12.6. The molecule has 0 saturated carbocycles. The molecule has 2 aromatic rings. The van der Waals surface area contributed by atoms with Crippen molar-refractivity contribution >= 4 is 11.3 Å². The topological polar surface area (TPSA) is 12.0 Å². The first-order valence-electron chi connectivity index (χ1n) is 6.99. The van der Waals surface area contributed by atoms with Crippen molar-refractivity contribution in [3.8, 4) is 0 Å². The number of hydrogen-bond acceptors (Lipinski definition) is 2. The summed E-state index contributed by atoms with van der Waals surface area (Å²) in [6, 6.07) is 11.4. The van der Waals surface area contributed by atoms with Gasteiger partial charge in [-0.1, -0.05) is 31.2 Å². The van der Waals surface area contributed by atoms with Gasteiger partial charge in [-0.05, 0) is 56.5 Å². The molecular weight excluding hydrogens is 250 g/mol. The first-order valence-corrected chi connectivity index (χ1v) is 7.81. The highest BCUT2D eigenvalue weighted by atomic mass is 32.1. The minimum atomic E-state index is 0.332. The smallest absolute Gasteiger partial charge is 0.0673 e. The zero-order valence-electron chi connectivity index (χ0n) is 12.3. The molecule has 2 heteroatoms. The summed E-state index contributed by atoms with van der Waals surface area (Å²) in [5, 5.41) is 3.69. The van der Waals surface area contributed by atoms with Crippen molar-refractivity contribution in [3.05, 3.63) is 56.8 Å². The summed E-state index contributed by atoms with van der Waals surface area (Å²) in [6.07, 6.45) is 1.16. The van der Waals surface area contributed by atoms with Gasteiger partial charge in [0.2, 0.25) is 0 Å². The van der Waals surface area contributed by atoms with Gasteiger partial charge in [-0.15, -0.1) is 11.3 Å². The van der Waals surface area contributed by atoms with E-state index in [4.69, 9.17) is 0 Å². The van der Waals surface area contributed by atoms with Gasteiger partial charge in [-0.2, -0.15) is 0 Å². The number of rotatable bonds is 5. The molecule has 0 aliphatic carbocycles. The number of hydrogen-bond donors (Lipinski definition) is 1. The highest BCUT2D eigenvalue weighted by Gasteiger charge is 2.17. The minimum Gasteiger partial charge on any atom is -0.306 e.